The van der Waals surface area contributed by atoms with E-state index in [0.29, 0.717) is 17.9 Å². The fourth-order valence-electron chi connectivity index (χ4n) is 2.80. The zero-order valence-electron chi connectivity index (χ0n) is 15.7. The maximum atomic E-state index is 13.3. The van der Waals surface area contributed by atoms with Crippen molar-refractivity contribution in [3.05, 3.63) is 90.0 Å². The van der Waals surface area contributed by atoms with Crippen LogP contribution in [-0.2, 0) is 10.0 Å². The number of amides is 1. The molecule has 144 valence electrons. The molecule has 0 fully saturated rings. The van der Waals surface area contributed by atoms with Gasteiger partial charge in [0.1, 0.15) is 5.75 Å². The second-order valence-corrected chi connectivity index (χ2v) is 7.97. The fraction of sp³-hybridized carbons (Fsp3) is 0.136. The molecule has 0 bridgehead atoms. The predicted molar refractivity (Wildman–Crippen MR) is 109 cm³/mol. The van der Waals surface area contributed by atoms with Crippen molar-refractivity contribution in [2.75, 3.05) is 10.9 Å². The van der Waals surface area contributed by atoms with Gasteiger partial charge in [-0.05, 0) is 62.4 Å². The van der Waals surface area contributed by atoms with E-state index in [2.05, 4.69) is 0 Å². The summed E-state index contributed by atoms with van der Waals surface area (Å²) in [5, 5.41) is 0. The molecule has 0 unspecified atom stereocenters. The molecule has 0 aliphatic rings. The van der Waals surface area contributed by atoms with Crippen LogP contribution in [0.1, 0.15) is 22.8 Å². The first-order valence-corrected chi connectivity index (χ1v) is 10.3. The molecule has 0 radical (unpaired) electrons. The monoisotopic (exact) mass is 395 g/mol. The van der Waals surface area contributed by atoms with Crippen LogP contribution < -0.4 is 9.04 Å². The van der Waals surface area contributed by atoms with Crippen LogP contribution in [0.5, 0.6) is 5.75 Å². The first kappa shape index (κ1) is 19.6. The third-order valence-corrected chi connectivity index (χ3v) is 5.84. The van der Waals surface area contributed by atoms with E-state index in [-0.39, 0.29) is 10.6 Å². The highest BCUT2D eigenvalue weighted by Crippen LogP contribution is 2.28. The number of nitrogens with zero attached hydrogens (tertiary/aromatic N) is 1. The molecule has 0 heterocycles. The highest BCUT2D eigenvalue weighted by atomic mass is 32.2. The zero-order valence-corrected chi connectivity index (χ0v) is 16.5. The summed E-state index contributed by atoms with van der Waals surface area (Å²) in [6.07, 6.45) is 0. The van der Waals surface area contributed by atoms with E-state index in [0.717, 1.165) is 9.87 Å². The van der Waals surface area contributed by atoms with E-state index in [1.165, 1.54) is 12.1 Å². The van der Waals surface area contributed by atoms with E-state index in [4.69, 9.17) is 4.74 Å². The number of carbonyl (C=O) groups is 1. The van der Waals surface area contributed by atoms with Crippen LogP contribution in [0.15, 0.2) is 83.8 Å². The predicted octanol–water partition coefficient (Wildman–Crippen LogP) is 4.43. The van der Waals surface area contributed by atoms with Crippen molar-refractivity contribution in [2.24, 2.45) is 0 Å². The molecule has 0 aliphatic heterocycles. The average molecular weight is 395 g/mol. The van der Waals surface area contributed by atoms with Crippen molar-refractivity contribution in [2.45, 2.75) is 18.7 Å². The Morgan fingerprint density at radius 3 is 2.21 bits per heavy atom. The Kier molecular flexibility index (Phi) is 5.80. The minimum Gasteiger partial charge on any atom is -0.494 e. The van der Waals surface area contributed by atoms with Crippen LogP contribution in [0.4, 0.5) is 5.69 Å². The standard InChI is InChI=1S/C22H21NO4S/c1-3-27-20-14-12-19(13-15-20)23(22(24)18-9-7-8-17(2)16-18)28(25,26)21-10-5-4-6-11-21/h4-16H,3H2,1-2H3. The molecule has 0 atom stereocenters. The maximum absolute atomic E-state index is 13.3. The van der Waals surface area contributed by atoms with Crippen molar-refractivity contribution in [1.29, 1.82) is 0 Å². The van der Waals surface area contributed by atoms with E-state index < -0.39 is 15.9 Å². The number of carbonyl (C=O) groups excluding carboxylic acids is 1. The van der Waals surface area contributed by atoms with E-state index in [1.54, 1.807) is 60.7 Å². The van der Waals surface area contributed by atoms with Crippen molar-refractivity contribution >= 4 is 21.6 Å². The van der Waals surface area contributed by atoms with Crippen molar-refractivity contribution in [3.8, 4) is 5.75 Å². The summed E-state index contributed by atoms with van der Waals surface area (Å²) in [5.74, 6) is -0.0111. The van der Waals surface area contributed by atoms with Gasteiger partial charge in [-0.2, -0.15) is 4.31 Å². The Morgan fingerprint density at radius 2 is 1.61 bits per heavy atom. The summed E-state index contributed by atoms with van der Waals surface area (Å²) >= 11 is 0. The van der Waals surface area contributed by atoms with Gasteiger partial charge in [0.05, 0.1) is 17.2 Å². The lowest BCUT2D eigenvalue weighted by Gasteiger charge is -2.23. The minimum absolute atomic E-state index is 0.0462. The molecule has 0 saturated carbocycles. The van der Waals surface area contributed by atoms with Gasteiger partial charge in [0.25, 0.3) is 15.9 Å². The van der Waals surface area contributed by atoms with Crippen LogP contribution in [0, 0.1) is 6.92 Å². The summed E-state index contributed by atoms with van der Waals surface area (Å²) in [7, 11) is -4.10. The minimum atomic E-state index is -4.10. The van der Waals surface area contributed by atoms with Gasteiger partial charge >= 0.3 is 0 Å². The summed E-state index contributed by atoms with van der Waals surface area (Å²) in [5.41, 5.74) is 1.42. The van der Waals surface area contributed by atoms with Gasteiger partial charge in [-0.1, -0.05) is 35.9 Å². The lowest BCUT2D eigenvalue weighted by atomic mass is 10.1. The Labute approximate surface area is 165 Å². The van der Waals surface area contributed by atoms with Gasteiger partial charge in [0, 0.05) is 5.56 Å². The number of hydrogen-bond acceptors (Lipinski definition) is 4. The third-order valence-electron chi connectivity index (χ3n) is 4.11. The number of hydrogen-bond donors (Lipinski definition) is 0. The van der Waals surface area contributed by atoms with Crippen LogP contribution in [-0.4, -0.2) is 20.9 Å². The van der Waals surface area contributed by atoms with Crippen molar-refractivity contribution in [3.63, 3.8) is 0 Å². The highest BCUT2D eigenvalue weighted by Gasteiger charge is 2.31. The summed E-state index contributed by atoms with van der Waals surface area (Å²) in [6.45, 7) is 4.21. The molecular formula is C22H21NO4S. The second kappa shape index (κ2) is 8.27. The van der Waals surface area contributed by atoms with Gasteiger partial charge in [0.2, 0.25) is 0 Å². The Bertz CT molecular complexity index is 1060. The largest absolute Gasteiger partial charge is 0.494 e. The quantitative estimate of drug-likeness (QED) is 0.619. The Balaban J connectivity index is 2.12. The molecule has 1 amide bonds. The van der Waals surface area contributed by atoms with Gasteiger partial charge in [0.15, 0.2) is 0 Å². The Morgan fingerprint density at radius 1 is 0.929 bits per heavy atom. The number of aryl methyl sites for hydroxylation is 1. The molecule has 3 aromatic rings. The normalized spacial score (nSPS) is 11.1. The molecule has 6 heteroatoms. The molecule has 5 nitrogen and oxygen atoms in total. The van der Waals surface area contributed by atoms with Crippen molar-refractivity contribution < 1.29 is 17.9 Å². The maximum Gasteiger partial charge on any atom is 0.272 e. The van der Waals surface area contributed by atoms with Gasteiger partial charge in [-0.15, -0.1) is 0 Å². The third kappa shape index (κ3) is 4.07. The molecule has 0 N–H and O–H groups in total. The molecule has 0 saturated heterocycles. The average Bonchev–Trinajstić information content (AvgIpc) is 2.70. The molecule has 3 rings (SSSR count). The number of sulfonamides is 1. The molecule has 0 aromatic heterocycles. The first-order valence-electron chi connectivity index (χ1n) is 8.87. The van der Waals surface area contributed by atoms with Crippen molar-refractivity contribution in [1.82, 2.24) is 0 Å². The molecule has 28 heavy (non-hydrogen) atoms. The van der Waals surface area contributed by atoms with Crippen LogP contribution >= 0.6 is 0 Å². The molecule has 3 aromatic carbocycles. The topological polar surface area (TPSA) is 63.7 Å². The number of benzene rings is 3. The summed E-state index contributed by atoms with van der Waals surface area (Å²) < 4.78 is 32.9. The molecular weight excluding hydrogens is 374 g/mol. The van der Waals surface area contributed by atoms with Crippen LogP contribution in [0.25, 0.3) is 0 Å². The van der Waals surface area contributed by atoms with E-state index in [1.807, 2.05) is 19.9 Å². The second-order valence-electron chi connectivity index (χ2n) is 6.18. The lowest BCUT2D eigenvalue weighted by Crippen LogP contribution is -2.37. The van der Waals surface area contributed by atoms with E-state index in [9.17, 15) is 13.2 Å². The van der Waals surface area contributed by atoms with E-state index >= 15 is 0 Å². The summed E-state index contributed by atoms with van der Waals surface area (Å²) in [6, 6.07) is 21.2. The fourth-order valence-corrected chi connectivity index (χ4v) is 4.24. The lowest BCUT2D eigenvalue weighted by molar-refractivity contribution is 0.100. The smallest absolute Gasteiger partial charge is 0.272 e. The Hall–Kier alpha value is -3.12. The highest BCUT2D eigenvalue weighted by molar-refractivity contribution is 7.93. The number of ether oxygens (including phenoxy) is 1. The van der Waals surface area contributed by atoms with Gasteiger partial charge < -0.3 is 4.74 Å². The van der Waals surface area contributed by atoms with Crippen LogP contribution in [0.3, 0.4) is 0 Å². The van der Waals surface area contributed by atoms with Gasteiger partial charge in [-0.25, -0.2) is 8.42 Å². The van der Waals surface area contributed by atoms with Gasteiger partial charge in [-0.3, -0.25) is 4.79 Å². The summed E-state index contributed by atoms with van der Waals surface area (Å²) in [4.78, 5) is 13.3. The first-order chi connectivity index (χ1) is 13.4. The molecule has 0 spiro atoms. The number of rotatable bonds is 6. The number of anilines is 1. The van der Waals surface area contributed by atoms with Crippen LogP contribution in [0.2, 0.25) is 0 Å². The SMILES string of the molecule is CCOc1ccc(N(C(=O)c2cccc(C)c2)S(=O)(=O)c2ccccc2)cc1. The molecule has 0 aliphatic carbocycles. The zero-order chi connectivity index (χ0) is 20.1.